The topological polar surface area (TPSA) is 87.7 Å². The first-order chi connectivity index (χ1) is 19.7. The molecule has 7 heteroatoms. The zero-order chi connectivity index (χ0) is 31.4. The molecule has 2 aromatic carbocycles. The molecule has 2 aromatic rings. The van der Waals surface area contributed by atoms with E-state index >= 15 is 0 Å². The highest BCUT2D eigenvalue weighted by molar-refractivity contribution is 5.99. The van der Waals surface area contributed by atoms with E-state index in [9.17, 15) is 14.4 Å². The van der Waals surface area contributed by atoms with Gasteiger partial charge in [0.25, 0.3) is 5.91 Å². The molecular weight excluding hydrogens is 526 g/mol. The second-order valence-corrected chi connectivity index (χ2v) is 12.8. The van der Waals surface area contributed by atoms with E-state index in [4.69, 9.17) is 4.74 Å². The van der Waals surface area contributed by atoms with Gasteiger partial charge in [-0.2, -0.15) is 0 Å². The lowest BCUT2D eigenvalue weighted by Gasteiger charge is -2.35. The Hall–Kier alpha value is -3.35. The van der Waals surface area contributed by atoms with Crippen LogP contribution in [0.1, 0.15) is 108 Å². The van der Waals surface area contributed by atoms with Crippen molar-refractivity contribution >= 4 is 23.6 Å². The summed E-state index contributed by atoms with van der Waals surface area (Å²) < 4.78 is 5.52. The van der Waals surface area contributed by atoms with Crippen LogP contribution >= 0.6 is 0 Å². The molecule has 0 heterocycles. The number of nitrogens with one attached hydrogen (secondary N) is 2. The maximum absolute atomic E-state index is 14.5. The molecule has 0 aliphatic heterocycles. The van der Waals surface area contributed by atoms with Crippen LogP contribution in [0.25, 0.3) is 0 Å². The summed E-state index contributed by atoms with van der Waals surface area (Å²) in [5.74, 6) is -0.440. The van der Waals surface area contributed by atoms with E-state index in [1.807, 2.05) is 77.1 Å². The minimum absolute atomic E-state index is 0.126. The Balaban J connectivity index is 2.57. The van der Waals surface area contributed by atoms with Crippen LogP contribution in [0.3, 0.4) is 0 Å². The molecule has 2 atom stereocenters. The lowest BCUT2D eigenvalue weighted by Crippen LogP contribution is -2.53. The Kier molecular flexibility index (Phi) is 13.5. The summed E-state index contributed by atoms with van der Waals surface area (Å²) in [5.41, 5.74) is 3.83. The van der Waals surface area contributed by atoms with Crippen LogP contribution < -0.4 is 10.6 Å². The summed E-state index contributed by atoms with van der Waals surface area (Å²) in [7, 11) is 0. The molecule has 0 fully saturated rings. The number of para-hydroxylation sites is 1. The number of aryl methyl sites for hydroxylation is 3. The summed E-state index contributed by atoms with van der Waals surface area (Å²) in [6.07, 6.45) is 4.78. The van der Waals surface area contributed by atoms with Crippen molar-refractivity contribution in [2.75, 3.05) is 11.9 Å². The van der Waals surface area contributed by atoms with E-state index in [2.05, 4.69) is 17.6 Å². The number of hydrogen-bond acceptors (Lipinski definition) is 4. The Morgan fingerprint density at radius 2 is 1.55 bits per heavy atom. The van der Waals surface area contributed by atoms with Crippen molar-refractivity contribution in [3.8, 4) is 0 Å². The first-order valence-electron chi connectivity index (χ1n) is 15.5. The first kappa shape index (κ1) is 34.8. The molecule has 0 bridgehead atoms. The van der Waals surface area contributed by atoms with Gasteiger partial charge in [0, 0.05) is 12.2 Å². The number of ether oxygens (including phenoxy) is 1. The predicted molar refractivity (Wildman–Crippen MR) is 172 cm³/mol. The van der Waals surface area contributed by atoms with Gasteiger partial charge in [-0.3, -0.25) is 9.59 Å². The molecule has 0 aliphatic carbocycles. The third-order valence-electron chi connectivity index (χ3n) is 7.29. The Labute approximate surface area is 253 Å². The molecule has 232 valence electrons. The highest BCUT2D eigenvalue weighted by atomic mass is 16.6. The van der Waals surface area contributed by atoms with Gasteiger partial charge in [0.2, 0.25) is 5.91 Å². The zero-order valence-electron chi connectivity index (χ0n) is 27.3. The maximum atomic E-state index is 14.5. The van der Waals surface area contributed by atoms with Crippen LogP contribution in [-0.2, 0) is 14.3 Å². The highest BCUT2D eigenvalue weighted by Gasteiger charge is 2.36. The number of unbranched alkanes of at least 4 members (excludes halogenated alkanes) is 4. The van der Waals surface area contributed by atoms with Crippen molar-refractivity contribution in [2.24, 2.45) is 5.92 Å². The Bertz CT molecular complexity index is 1180. The van der Waals surface area contributed by atoms with Crippen molar-refractivity contribution in [3.05, 3.63) is 64.7 Å². The van der Waals surface area contributed by atoms with Crippen molar-refractivity contribution in [1.29, 1.82) is 0 Å². The third kappa shape index (κ3) is 11.1. The van der Waals surface area contributed by atoms with E-state index in [0.29, 0.717) is 18.7 Å². The van der Waals surface area contributed by atoms with Gasteiger partial charge in [0.05, 0.1) is 0 Å². The average molecular weight is 580 g/mol. The average Bonchev–Trinajstić information content (AvgIpc) is 2.89. The van der Waals surface area contributed by atoms with Crippen LogP contribution in [0.5, 0.6) is 0 Å². The van der Waals surface area contributed by atoms with Crippen molar-refractivity contribution in [1.82, 2.24) is 10.2 Å². The van der Waals surface area contributed by atoms with Gasteiger partial charge in [-0.05, 0) is 88.6 Å². The van der Waals surface area contributed by atoms with E-state index in [-0.39, 0.29) is 17.7 Å². The Morgan fingerprint density at radius 1 is 0.881 bits per heavy atom. The predicted octanol–water partition coefficient (Wildman–Crippen LogP) is 8.03. The van der Waals surface area contributed by atoms with E-state index in [1.54, 1.807) is 25.7 Å². The van der Waals surface area contributed by atoms with Crippen LogP contribution in [-0.4, -0.2) is 41.0 Å². The highest BCUT2D eigenvalue weighted by Crippen LogP contribution is 2.28. The fourth-order valence-electron chi connectivity index (χ4n) is 4.92. The number of rotatable bonds is 14. The molecule has 2 N–H and O–H groups in total. The molecule has 0 saturated carbocycles. The minimum Gasteiger partial charge on any atom is -0.444 e. The molecule has 0 aliphatic rings. The van der Waals surface area contributed by atoms with Crippen LogP contribution in [0.15, 0.2) is 42.5 Å². The number of carbonyl (C=O) groups is 3. The number of alkyl carbamates (subject to hydrolysis) is 1. The summed E-state index contributed by atoms with van der Waals surface area (Å²) in [6, 6.07) is 11.8. The van der Waals surface area contributed by atoms with Gasteiger partial charge in [0.15, 0.2) is 0 Å². The van der Waals surface area contributed by atoms with Crippen molar-refractivity contribution < 1.29 is 19.1 Å². The number of carbonyl (C=O) groups excluding carboxylic acids is 3. The maximum Gasteiger partial charge on any atom is 0.408 e. The van der Waals surface area contributed by atoms with Gasteiger partial charge in [0.1, 0.15) is 17.7 Å². The SMILES string of the molecule is CCCCCCCN(C(=O)C(CC(C)C)NC(=O)OC(C)(C)C)C(C(=O)Nc1ccccc1C)c1ccc(C)c(C)c1. The van der Waals surface area contributed by atoms with Crippen LogP contribution in [0.2, 0.25) is 0 Å². The summed E-state index contributed by atoms with van der Waals surface area (Å²) >= 11 is 0. The Morgan fingerprint density at radius 3 is 2.14 bits per heavy atom. The molecule has 7 nitrogen and oxygen atoms in total. The summed E-state index contributed by atoms with van der Waals surface area (Å²) in [4.78, 5) is 43.2. The van der Waals surface area contributed by atoms with Gasteiger partial charge in [-0.15, -0.1) is 0 Å². The van der Waals surface area contributed by atoms with E-state index in [0.717, 1.165) is 54.4 Å². The molecule has 0 aromatic heterocycles. The van der Waals surface area contributed by atoms with E-state index < -0.39 is 23.8 Å². The number of amides is 3. The molecule has 2 rings (SSSR count). The number of hydrogen-bond donors (Lipinski definition) is 2. The van der Waals surface area contributed by atoms with Gasteiger partial charge < -0.3 is 20.3 Å². The first-order valence-corrected chi connectivity index (χ1v) is 15.5. The molecule has 42 heavy (non-hydrogen) atoms. The molecule has 2 unspecified atom stereocenters. The largest absolute Gasteiger partial charge is 0.444 e. The smallest absolute Gasteiger partial charge is 0.408 e. The molecule has 0 spiro atoms. The number of benzene rings is 2. The van der Waals surface area contributed by atoms with Crippen LogP contribution in [0.4, 0.5) is 10.5 Å². The zero-order valence-corrected chi connectivity index (χ0v) is 27.3. The molecule has 3 amide bonds. The second kappa shape index (κ2) is 16.3. The lowest BCUT2D eigenvalue weighted by atomic mass is 9.96. The number of anilines is 1. The van der Waals surface area contributed by atoms with E-state index in [1.165, 1.54) is 0 Å². The quantitative estimate of drug-likeness (QED) is 0.222. The molecule has 0 radical (unpaired) electrons. The molecule has 0 saturated heterocycles. The van der Waals surface area contributed by atoms with Gasteiger partial charge in [-0.25, -0.2) is 4.79 Å². The standard InChI is InChI=1S/C35H53N3O4/c1-10-11-12-13-16-21-38(33(40)30(22-24(2)3)37-34(41)42-35(7,8)9)31(28-20-19-25(4)27(6)23-28)32(39)36-29-18-15-14-17-26(29)5/h14-15,17-20,23-24,30-31H,10-13,16,21-22H2,1-9H3,(H,36,39)(H,37,41). The minimum atomic E-state index is -0.877. The van der Waals surface area contributed by atoms with Gasteiger partial charge >= 0.3 is 6.09 Å². The fourth-order valence-corrected chi connectivity index (χ4v) is 4.92. The normalized spacial score (nSPS) is 12.9. The second-order valence-electron chi connectivity index (χ2n) is 12.8. The third-order valence-corrected chi connectivity index (χ3v) is 7.29. The monoisotopic (exact) mass is 579 g/mol. The number of nitrogens with zero attached hydrogens (tertiary/aromatic N) is 1. The fraction of sp³-hybridized carbons (Fsp3) is 0.571. The summed E-state index contributed by atoms with van der Waals surface area (Å²) in [6.45, 7) is 17.9. The van der Waals surface area contributed by atoms with Crippen molar-refractivity contribution in [2.45, 2.75) is 119 Å². The summed E-state index contributed by atoms with van der Waals surface area (Å²) in [5, 5.41) is 5.93. The lowest BCUT2D eigenvalue weighted by molar-refractivity contribution is -0.141. The molecular formula is C35H53N3O4. The van der Waals surface area contributed by atoms with Gasteiger partial charge in [-0.1, -0.05) is 82.9 Å². The van der Waals surface area contributed by atoms with Crippen molar-refractivity contribution in [3.63, 3.8) is 0 Å². The van der Waals surface area contributed by atoms with Crippen LogP contribution in [0, 0.1) is 26.7 Å².